The van der Waals surface area contributed by atoms with E-state index >= 15 is 0 Å². The van der Waals surface area contributed by atoms with Crippen LogP contribution in [-0.4, -0.2) is 25.2 Å². The maximum atomic E-state index is 11.8. The summed E-state index contributed by atoms with van der Waals surface area (Å²) < 4.78 is 22.6. The molecule has 2 rings (SSSR count). The third-order valence-electron chi connectivity index (χ3n) is 3.42. The van der Waals surface area contributed by atoms with Crippen LogP contribution in [0.25, 0.3) is 0 Å². The minimum Gasteiger partial charge on any atom is -0.298 e. The van der Waals surface area contributed by atoms with Crippen LogP contribution in [0.3, 0.4) is 0 Å². The van der Waals surface area contributed by atoms with Gasteiger partial charge < -0.3 is 0 Å². The molecular weight excluding hydrogens is 200 g/mol. The molecule has 0 amide bonds. The van der Waals surface area contributed by atoms with Gasteiger partial charge in [0.2, 0.25) is 0 Å². The molecule has 80 valence electrons. The smallest absolute Gasteiger partial charge is 0.160 e. The van der Waals surface area contributed by atoms with Crippen LogP contribution < -0.4 is 0 Å². The van der Waals surface area contributed by atoms with Crippen molar-refractivity contribution in [3.05, 3.63) is 0 Å². The quantitative estimate of drug-likeness (QED) is 0.699. The van der Waals surface area contributed by atoms with E-state index in [1.807, 2.05) is 0 Å². The van der Waals surface area contributed by atoms with Crippen molar-refractivity contribution in [1.29, 1.82) is 0 Å². The molecule has 1 saturated heterocycles. The first-order valence-corrected chi connectivity index (χ1v) is 7.08. The lowest BCUT2D eigenvalue weighted by molar-refractivity contribution is -0.123. The Kier molecular flexibility index (Phi) is 2.64. The summed E-state index contributed by atoms with van der Waals surface area (Å²) in [5.41, 5.74) is 0. The molecule has 1 aliphatic heterocycles. The van der Waals surface area contributed by atoms with Gasteiger partial charge >= 0.3 is 0 Å². The normalized spacial score (nSPS) is 32.1. The van der Waals surface area contributed by atoms with Crippen molar-refractivity contribution < 1.29 is 13.2 Å². The molecule has 0 radical (unpaired) electrons. The van der Waals surface area contributed by atoms with Crippen molar-refractivity contribution in [3.8, 4) is 0 Å². The number of carbonyl (C=O) groups is 1. The molecule has 0 aromatic heterocycles. The van der Waals surface area contributed by atoms with Gasteiger partial charge in [0.05, 0.1) is 5.75 Å². The van der Waals surface area contributed by atoms with E-state index in [4.69, 9.17) is 0 Å². The van der Waals surface area contributed by atoms with E-state index in [1.165, 1.54) is 6.42 Å². The van der Waals surface area contributed by atoms with Gasteiger partial charge in [-0.15, -0.1) is 0 Å². The molecule has 14 heavy (non-hydrogen) atoms. The lowest BCUT2D eigenvalue weighted by Crippen LogP contribution is -2.45. The molecule has 1 saturated carbocycles. The summed E-state index contributed by atoms with van der Waals surface area (Å²) in [7, 11) is -3.02. The predicted molar refractivity (Wildman–Crippen MR) is 53.8 cm³/mol. The second-order valence-corrected chi connectivity index (χ2v) is 6.68. The molecule has 1 atom stereocenters. The Balaban J connectivity index is 2.01. The minimum atomic E-state index is -3.02. The molecule has 1 aliphatic carbocycles. The first kappa shape index (κ1) is 10.1. The fourth-order valence-corrected chi connectivity index (χ4v) is 3.80. The third-order valence-corrected chi connectivity index (χ3v) is 5.56. The van der Waals surface area contributed by atoms with Crippen LogP contribution in [0.1, 0.15) is 38.5 Å². The van der Waals surface area contributed by atoms with Crippen LogP contribution >= 0.6 is 0 Å². The Bertz CT molecular complexity index is 325. The fraction of sp³-hybridized carbons (Fsp3) is 0.900. The molecule has 0 aromatic rings. The number of hydrogen-bond donors (Lipinski definition) is 0. The number of hydrogen-bond acceptors (Lipinski definition) is 3. The highest BCUT2D eigenvalue weighted by molar-refractivity contribution is 7.94. The summed E-state index contributed by atoms with van der Waals surface area (Å²) in [6, 6.07) is 0. The Morgan fingerprint density at radius 2 is 1.64 bits per heavy atom. The summed E-state index contributed by atoms with van der Waals surface area (Å²) in [5, 5.41) is -0.634. The minimum absolute atomic E-state index is 0.0101. The van der Waals surface area contributed by atoms with E-state index in [1.54, 1.807) is 0 Å². The summed E-state index contributed by atoms with van der Waals surface area (Å²) in [5.74, 6) is 0.274. The zero-order valence-corrected chi connectivity index (χ0v) is 9.05. The fourth-order valence-electron chi connectivity index (χ4n) is 2.40. The molecular formula is C10H16O3S. The van der Waals surface area contributed by atoms with Crippen LogP contribution in [0.4, 0.5) is 0 Å². The van der Waals surface area contributed by atoms with Gasteiger partial charge in [0, 0.05) is 5.92 Å². The maximum absolute atomic E-state index is 11.8. The number of carbonyl (C=O) groups excluding carboxylic acids is 1. The Labute approximate surface area is 84.8 Å². The van der Waals surface area contributed by atoms with Gasteiger partial charge in [-0.25, -0.2) is 8.42 Å². The molecule has 1 heterocycles. The van der Waals surface area contributed by atoms with Crippen molar-refractivity contribution in [1.82, 2.24) is 0 Å². The number of sulfone groups is 1. The Morgan fingerprint density at radius 3 is 2.07 bits per heavy atom. The highest BCUT2D eigenvalue weighted by Crippen LogP contribution is 2.31. The van der Waals surface area contributed by atoms with Crippen molar-refractivity contribution in [3.63, 3.8) is 0 Å². The summed E-state index contributed by atoms with van der Waals surface area (Å²) in [4.78, 5) is 11.8. The van der Waals surface area contributed by atoms with E-state index in [2.05, 4.69) is 0 Å². The monoisotopic (exact) mass is 216 g/mol. The van der Waals surface area contributed by atoms with Crippen LogP contribution in [-0.2, 0) is 14.6 Å². The van der Waals surface area contributed by atoms with E-state index in [-0.39, 0.29) is 17.5 Å². The van der Waals surface area contributed by atoms with Gasteiger partial charge in [-0.1, -0.05) is 19.3 Å². The van der Waals surface area contributed by atoms with Gasteiger partial charge in [-0.2, -0.15) is 0 Å². The Hall–Kier alpha value is -0.380. The SMILES string of the molecule is O=C(C1CCCCC1)C1CCS1(=O)=O. The zero-order valence-electron chi connectivity index (χ0n) is 8.24. The molecule has 3 nitrogen and oxygen atoms in total. The van der Waals surface area contributed by atoms with Gasteiger partial charge in [-0.3, -0.25) is 4.79 Å². The van der Waals surface area contributed by atoms with Gasteiger partial charge in [0.1, 0.15) is 5.25 Å². The molecule has 2 fully saturated rings. The molecule has 0 N–H and O–H groups in total. The van der Waals surface area contributed by atoms with Gasteiger partial charge in [0.25, 0.3) is 0 Å². The second kappa shape index (κ2) is 3.65. The van der Waals surface area contributed by atoms with Crippen LogP contribution in [0.5, 0.6) is 0 Å². The van der Waals surface area contributed by atoms with E-state index in [0.29, 0.717) is 6.42 Å². The van der Waals surface area contributed by atoms with Crippen molar-refractivity contribution in [2.24, 2.45) is 5.92 Å². The van der Waals surface area contributed by atoms with Gasteiger partial charge in [-0.05, 0) is 19.3 Å². The molecule has 0 spiro atoms. The first-order chi connectivity index (χ1) is 6.61. The van der Waals surface area contributed by atoms with Crippen LogP contribution in [0, 0.1) is 5.92 Å². The average Bonchev–Trinajstić information content (AvgIpc) is 2.18. The zero-order chi connectivity index (χ0) is 10.2. The topological polar surface area (TPSA) is 51.2 Å². The second-order valence-electron chi connectivity index (χ2n) is 4.38. The highest BCUT2D eigenvalue weighted by atomic mass is 32.2. The van der Waals surface area contributed by atoms with E-state index in [9.17, 15) is 13.2 Å². The van der Waals surface area contributed by atoms with Crippen molar-refractivity contribution >= 4 is 15.6 Å². The van der Waals surface area contributed by atoms with Crippen molar-refractivity contribution in [2.75, 3.05) is 5.75 Å². The predicted octanol–water partition coefficient (Wildman–Crippen LogP) is 1.32. The summed E-state index contributed by atoms with van der Waals surface area (Å²) in [6.07, 6.45) is 5.75. The average molecular weight is 216 g/mol. The highest BCUT2D eigenvalue weighted by Gasteiger charge is 2.43. The van der Waals surface area contributed by atoms with Crippen LogP contribution in [0.2, 0.25) is 0 Å². The summed E-state index contributed by atoms with van der Waals surface area (Å²) >= 11 is 0. The maximum Gasteiger partial charge on any atom is 0.160 e. The van der Waals surface area contributed by atoms with Crippen molar-refractivity contribution in [2.45, 2.75) is 43.8 Å². The van der Waals surface area contributed by atoms with Gasteiger partial charge in [0.15, 0.2) is 15.6 Å². The third kappa shape index (κ3) is 1.72. The number of Topliss-reactive ketones (excluding diaryl/α,β-unsaturated/α-hetero) is 1. The molecule has 1 unspecified atom stereocenters. The Morgan fingerprint density at radius 1 is 1.00 bits per heavy atom. The lowest BCUT2D eigenvalue weighted by Gasteiger charge is -2.30. The molecule has 0 bridgehead atoms. The van der Waals surface area contributed by atoms with Crippen LogP contribution in [0.15, 0.2) is 0 Å². The largest absolute Gasteiger partial charge is 0.298 e. The number of ketones is 1. The standard InChI is InChI=1S/C10H16O3S/c11-10(8-4-2-1-3-5-8)9-6-7-14(9,12)13/h8-9H,1-7H2. The number of rotatable bonds is 2. The molecule has 2 aliphatic rings. The van der Waals surface area contributed by atoms with E-state index < -0.39 is 15.1 Å². The first-order valence-electron chi connectivity index (χ1n) is 5.36. The summed E-state index contributed by atoms with van der Waals surface area (Å²) in [6.45, 7) is 0. The molecule has 0 aromatic carbocycles. The lowest BCUT2D eigenvalue weighted by atomic mass is 9.84. The van der Waals surface area contributed by atoms with E-state index in [0.717, 1.165) is 25.7 Å². The molecule has 4 heteroatoms.